The number of anilines is 1. The molecule has 9 heteroatoms. The summed E-state index contributed by atoms with van der Waals surface area (Å²) >= 11 is 0. The smallest absolute Gasteiger partial charge is 0.314 e. The highest BCUT2D eigenvalue weighted by molar-refractivity contribution is 6.03. The third-order valence-corrected chi connectivity index (χ3v) is 7.24. The highest BCUT2D eigenvalue weighted by atomic mass is 16.2. The van der Waals surface area contributed by atoms with Crippen molar-refractivity contribution < 1.29 is 9.59 Å². The van der Waals surface area contributed by atoms with Crippen LogP contribution in [0, 0.1) is 6.57 Å². The SMILES string of the molecule is [C-]#[N+]c1cnc(C(=O)Nc2ccc(C3CCN(C(=O)Cc4cn(C)cn4)CC3)cc2C2=CCCCC2)[nH]1. The molecule has 0 radical (unpaired) electrons. The summed E-state index contributed by atoms with van der Waals surface area (Å²) in [6.07, 6.45) is 13.7. The second-order valence-corrected chi connectivity index (χ2v) is 9.83. The summed E-state index contributed by atoms with van der Waals surface area (Å²) in [5.41, 5.74) is 5.11. The van der Waals surface area contributed by atoms with Crippen LogP contribution in [0.1, 0.15) is 71.9 Å². The van der Waals surface area contributed by atoms with Crippen molar-refractivity contribution in [3.8, 4) is 0 Å². The van der Waals surface area contributed by atoms with Gasteiger partial charge in [0.25, 0.3) is 5.82 Å². The minimum atomic E-state index is -0.361. The molecule has 2 amide bonds. The third kappa shape index (κ3) is 5.64. The van der Waals surface area contributed by atoms with Gasteiger partial charge in [-0.3, -0.25) is 14.6 Å². The topological polar surface area (TPSA) is 100 Å². The Morgan fingerprint density at radius 2 is 2.05 bits per heavy atom. The van der Waals surface area contributed by atoms with Gasteiger partial charge >= 0.3 is 5.91 Å². The Labute approximate surface area is 216 Å². The number of H-pyrrole nitrogens is 1. The Morgan fingerprint density at radius 1 is 1.22 bits per heavy atom. The number of amides is 2. The van der Waals surface area contributed by atoms with Crippen molar-refractivity contribution in [1.29, 1.82) is 0 Å². The predicted molar refractivity (Wildman–Crippen MR) is 141 cm³/mol. The number of benzene rings is 1. The number of likely N-dealkylation sites (tertiary alicyclic amines) is 1. The van der Waals surface area contributed by atoms with Crippen LogP contribution in [-0.4, -0.2) is 49.3 Å². The monoisotopic (exact) mass is 497 g/mol. The summed E-state index contributed by atoms with van der Waals surface area (Å²) in [5.74, 6) is 0.488. The highest BCUT2D eigenvalue weighted by Crippen LogP contribution is 2.36. The Hall–Kier alpha value is -4.19. The molecule has 1 saturated heterocycles. The van der Waals surface area contributed by atoms with Crippen molar-refractivity contribution in [3.63, 3.8) is 0 Å². The molecule has 0 saturated carbocycles. The quantitative estimate of drug-likeness (QED) is 0.476. The second kappa shape index (κ2) is 10.8. The van der Waals surface area contributed by atoms with Gasteiger partial charge in [-0.25, -0.2) is 9.97 Å². The van der Waals surface area contributed by atoms with E-state index in [4.69, 9.17) is 6.57 Å². The molecule has 1 aromatic carbocycles. The number of aryl methyl sites for hydroxylation is 1. The van der Waals surface area contributed by atoms with Crippen molar-refractivity contribution in [2.24, 2.45) is 7.05 Å². The van der Waals surface area contributed by atoms with Crippen molar-refractivity contribution >= 4 is 28.9 Å². The van der Waals surface area contributed by atoms with Crippen LogP contribution in [0.3, 0.4) is 0 Å². The number of aromatic amines is 1. The molecule has 9 nitrogen and oxygen atoms in total. The molecule has 0 unspecified atom stereocenters. The Bertz CT molecular complexity index is 1370. The van der Waals surface area contributed by atoms with Crippen LogP contribution in [0.2, 0.25) is 0 Å². The zero-order valence-corrected chi connectivity index (χ0v) is 21.0. The van der Waals surface area contributed by atoms with E-state index in [-0.39, 0.29) is 23.5 Å². The summed E-state index contributed by atoms with van der Waals surface area (Å²) in [4.78, 5) is 41.9. The van der Waals surface area contributed by atoms with E-state index < -0.39 is 0 Å². The molecule has 0 atom stereocenters. The van der Waals surface area contributed by atoms with Crippen LogP contribution < -0.4 is 5.32 Å². The lowest BCUT2D eigenvalue weighted by Crippen LogP contribution is -2.38. The standard InChI is InChI=1S/C28H31N7O2/c1-29-25-16-30-27(33-25)28(37)32-24-9-8-21(14-23(24)20-6-4-3-5-7-20)19-10-12-35(13-11-19)26(36)15-22-17-34(2)18-31-22/h6,8-9,14,16-19H,3-5,7,10-13,15H2,2H3,(H,30,33)(H,32,37). The van der Waals surface area contributed by atoms with Crippen molar-refractivity contribution in [2.45, 2.75) is 50.9 Å². The van der Waals surface area contributed by atoms with E-state index in [0.29, 0.717) is 12.3 Å². The van der Waals surface area contributed by atoms with Crippen LogP contribution in [0.15, 0.2) is 43.0 Å². The maximum Gasteiger partial charge on any atom is 0.314 e. The number of rotatable bonds is 6. The number of hydrogen-bond acceptors (Lipinski definition) is 4. The molecule has 3 aromatic rings. The maximum atomic E-state index is 12.8. The summed E-state index contributed by atoms with van der Waals surface area (Å²) in [6.45, 7) is 8.55. The van der Waals surface area contributed by atoms with Gasteiger partial charge in [0, 0.05) is 37.6 Å². The number of nitrogens with one attached hydrogen (secondary N) is 2. The maximum absolute atomic E-state index is 12.8. The lowest BCUT2D eigenvalue weighted by Gasteiger charge is -2.32. The number of allylic oxidation sites excluding steroid dienone is 2. The molecule has 0 bridgehead atoms. The van der Waals surface area contributed by atoms with Gasteiger partial charge in [-0.15, -0.1) is 0 Å². The molecular formula is C28H31N7O2. The Morgan fingerprint density at radius 3 is 2.73 bits per heavy atom. The van der Waals surface area contributed by atoms with Crippen LogP contribution in [-0.2, 0) is 18.3 Å². The fourth-order valence-electron chi connectivity index (χ4n) is 5.23. The molecule has 1 aliphatic heterocycles. The fourth-order valence-corrected chi connectivity index (χ4v) is 5.23. The average molecular weight is 498 g/mol. The van der Waals surface area contributed by atoms with E-state index in [1.165, 1.54) is 23.8 Å². The van der Waals surface area contributed by atoms with Gasteiger partial charge in [0.05, 0.1) is 24.6 Å². The summed E-state index contributed by atoms with van der Waals surface area (Å²) in [7, 11) is 1.91. The minimum absolute atomic E-state index is 0.126. The van der Waals surface area contributed by atoms with E-state index in [1.54, 1.807) is 6.33 Å². The molecule has 5 rings (SSSR count). The summed E-state index contributed by atoms with van der Waals surface area (Å²) in [5, 5.41) is 3.00. The van der Waals surface area contributed by atoms with Gasteiger partial charge in [-0.2, -0.15) is 0 Å². The predicted octanol–water partition coefficient (Wildman–Crippen LogP) is 4.85. The van der Waals surface area contributed by atoms with Crippen molar-refractivity contribution in [1.82, 2.24) is 24.4 Å². The summed E-state index contributed by atoms with van der Waals surface area (Å²) < 4.78 is 1.86. The zero-order chi connectivity index (χ0) is 25.8. The number of carbonyl (C=O) groups is 2. The normalized spacial score (nSPS) is 16.2. The van der Waals surface area contributed by atoms with Crippen LogP contribution >= 0.6 is 0 Å². The van der Waals surface area contributed by atoms with Crippen LogP contribution in [0.4, 0.5) is 11.5 Å². The average Bonchev–Trinajstić information content (AvgIpc) is 3.58. The van der Waals surface area contributed by atoms with Gasteiger partial charge in [-0.05, 0) is 67.7 Å². The summed E-state index contributed by atoms with van der Waals surface area (Å²) in [6, 6.07) is 6.29. The first-order chi connectivity index (χ1) is 18.0. The number of aromatic nitrogens is 4. The first kappa shape index (κ1) is 24.5. The first-order valence-electron chi connectivity index (χ1n) is 12.8. The van der Waals surface area contributed by atoms with Crippen molar-refractivity contribution in [3.05, 3.63) is 77.1 Å². The molecule has 190 valence electrons. The molecule has 1 aliphatic carbocycles. The van der Waals surface area contributed by atoms with Crippen LogP contribution in [0.5, 0.6) is 0 Å². The fraction of sp³-hybridized carbons (Fsp3) is 0.393. The van der Waals surface area contributed by atoms with E-state index in [1.807, 2.05) is 28.8 Å². The highest BCUT2D eigenvalue weighted by Gasteiger charge is 2.26. The molecule has 2 aromatic heterocycles. The van der Waals surface area contributed by atoms with Gasteiger partial charge in [0.15, 0.2) is 0 Å². The molecule has 0 spiro atoms. The van der Waals surface area contributed by atoms with Gasteiger partial charge in [-0.1, -0.05) is 18.7 Å². The molecular weight excluding hydrogens is 466 g/mol. The van der Waals surface area contributed by atoms with E-state index >= 15 is 0 Å². The van der Waals surface area contributed by atoms with E-state index in [2.05, 4.69) is 43.3 Å². The molecule has 2 aliphatic rings. The lowest BCUT2D eigenvalue weighted by molar-refractivity contribution is -0.131. The lowest BCUT2D eigenvalue weighted by atomic mass is 9.85. The largest absolute Gasteiger partial charge is 0.363 e. The number of carbonyl (C=O) groups excluding carboxylic acids is 2. The zero-order valence-electron chi connectivity index (χ0n) is 21.0. The third-order valence-electron chi connectivity index (χ3n) is 7.24. The Kier molecular flexibility index (Phi) is 7.17. The van der Waals surface area contributed by atoms with Crippen molar-refractivity contribution in [2.75, 3.05) is 18.4 Å². The van der Waals surface area contributed by atoms with Crippen LogP contribution in [0.25, 0.3) is 10.4 Å². The minimum Gasteiger partial charge on any atom is -0.363 e. The second-order valence-electron chi connectivity index (χ2n) is 9.83. The first-order valence-corrected chi connectivity index (χ1v) is 12.8. The van der Waals surface area contributed by atoms with Gasteiger partial charge in [0.1, 0.15) is 0 Å². The number of hydrogen-bond donors (Lipinski definition) is 2. The number of nitrogens with zero attached hydrogens (tertiary/aromatic N) is 5. The Balaban J connectivity index is 1.30. The molecule has 3 heterocycles. The number of piperidine rings is 1. The van der Waals surface area contributed by atoms with E-state index in [9.17, 15) is 9.59 Å². The van der Waals surface area contributed by atoms with E-state index in [0.717, 1.165) is 62.1 Å². The molecule has 1 fully saturated rings. The number of imidazole rings is 2. The van der Waals surface area contributed by atoms with Gasteiger partial charge in [0.2, 0.25) is 11.7 Å². The van der Waals surface area contributed by atoms with Gasteiger partial charge < -0.3 is 19.6 Å². The molecule has 2 N–H and O–H groups in total. The molecule has 37 heavy (non-hydrogen) atoms.